The van der Waals surface area contributed by atoms with Gasteiger partial charge >= 0.3 is 5.97 Å². The maximum atomic E-state index is 11.1. The van der Waals surface area contributed by atoms with Crippen molar-refractivity contribution in [3.63, 3.8) is 0 Å². The highest BCUT2D eigenvalue weighted by Crippen LogP contribution is 2.26. The monoisotopic (exact) mass is 184 g/mol. The van der Waals surface area contributed by atoms with E-state index in [1.54, 1.807) is 0 Å². The Balaban J connectivity index is 2.05. The summed E-state index contributed by atoms with van der Waals surface area (Å²) in [5.74, 6) is 0.291. The molecule has 0 aliphatic carbocycles. The third-order valence-corrected chi connectivity index (χ3v) is 3.01. The number of nitrogens with one attached hydrogen (secondary N) is 1. The van der Waals surface area contributed by atoms with Gasteiger partial charge in [-0.25, -0.2) is 0 Å². The Morgan fingerprint density at radius 2 is 2.38 bits per heavy atom. The number of ether oxygens (including phenoxy) is 1. The average Bonchev–Trinajstić information content (AvgIpc) is 2.17. The molecule has 0 aromatic carbocycles. The highest BCUT2D eigenvalue weighted by molar-refractivity contribution is 5.70. The smallest absolute Gasteiger partial charge is 0.306 e. The predicted molar refractivity (Wildman–Crippen MR) is 48.1 cm³/mol. The van der Waals surface area contributed by atoms with Gasteiger partial charge in [-0.2, -0.15) is 0 Å². The molecule has 2 aliphatic rings. The van der Waals surface area contributed by atoms with E-state index in [4.69, 9.17) is 10.5 Å². The van der Waals surface area contributed by atoms with Gasteiger partial charge in [-0.05, 0) is 25.9 Å². The van der Waals surface area contributed by atoms with E-state index in [-0.39, 0.29) is 12.1 Å². The first-order chi connectivity index (χ1) is 6.31. The van der Waals surface area contributed by atoms with Crippen molar-refractivity contribution in [1.29, 1.82) is 0 Å². The van der Waals surface area contributed by atoms with Crippen LogP contribution in [0.15, 0.2) is 0 Å². The molecule has 2 rings (SSSR count). The fourth-order valence-electron chi connectivity index (χ4n) is 2.24. The highest BCUT2D eigenvalue weighted by Gasteiger charge is 2.38. The summed E-state index contributed by atoms with van der Waals surface area (Å²) in [6.07, 6.45) is 2.50. The van der Waals surface area contributed by atoms with Crippen molar-refractivity contribution >= 4 is 5.97 Å². The minimum absolute atomic E-state index is 0.0278. The molecule has 4 nitrogen and oxygen atoms in total. The number of piperidine rings is 1. The van der Waals surface area contributed by atoms with Crippen LogP contribution in [-0.4, -0.2) is 31.2 Å². The Morgan fingerprint density at radius 1 is 1.54 bits per heavy atom. The molecule has 0 aromatic heterocycles. The van der Waals surface area contributed by atoms with Gasteiger partial charge in [0.15, 0.2) is 0 Å². The van der Waals surface area contributed by atoms with Gasteiger partial charge in [0, 0.05) is 18.4 Å². The molecule has 3 atom stereocenters. The molecule has 0 bridgehead atoms. The zero-order valence-electron chi connectivity index (χ0n) is 7.66. The van der Waals surface area contributed by atoms with E-state index in [0.717, 1.165) is 19.4 Å². The van der Waals surface area contributed by atoms with Crippen molar-refractivity contribution in [2.24, 2.45) is 11.7 Å². The number of nitrogens with two attached hydrogens (primary N) is 1. The summed E-state index contributed by atoms with van der Waals surface area (Å²) >= 11 is 0. The van der Waals surface area contributed by atoms with E-state index in [0.29, 0.717) is 24.9 Å². The van der Waals surface area contributed by atoms with Crippen LogP contribution in [0, 0.1) is 5.92 Å². The fraction of sp³-hybridized carbons (Fsp3) is 0.889. The van der Waals surface area contributed by atoms with Crippen LogP contribution in [0.3, 0.4) is 0 Å². The Kier molecular flexibility index (Phi) is 2.51. The molecule has 0 radical (unpaired) electrons. The van der Waals surface area contributed by atoms with Crippen LogP contribution < -0.4 is 11.1 Å². The van der Waals surface area contributed by atoms with Gasteiger partial charge in [0.25, 0.3) is 0 Å². The van der Waals surface area contributed by atoms with Crippen molar-refractivity contribution < 1.29 is 9.53 Å². The Hall–Kier alpha value is -0.610. The normalized spacial score (nSPS) is 39.5. The van der Waals surface area contributed by atoms with Gasteiger partial charge in [-0.3, -0.25) is 4.79 Å². The zero-order valence-corrected chi connectivity index (χ0v) is 7.66. The minimum Gasteiger partial charge on any atom is -0.460 e. The Bertz CT molecular complexity index is 202. The van der Waals surface area contributed by atoms with Crippen molar-refractivity contribution in [3.05, 3.63) is 0 Å². The Morgan fingerprint density at radius 3 is 3.15 bits per heavy atom. The summed E-state index contributed by atoms with van der Waals surface area (Å²) in [7, 11) is 0. The molecule has 4 heteroatoms. The number of hydrogen-bond donors (Lipinski definition) is 2. The van der Waals surface area contributed by atoms with Gasteiger partial charge < -0.3 is 15.8 Å². The highest BCUT2D eigenvalue weighted by atomic mass is 16.5. The first-order valence-electron chi connectivity index (χ1n) is 4.94. The number of carbonyl (C=O) groups excluding carboxylic acids is 1. The first kappa shape index (κ1) is 8.97. The number of rotatable bonds is 1. The lowest BCUT2D eigenvalue weighted by Crippen LogP contribution is -2.55. The molecule has 2 heterocycles. The van der Waals surface area contributed by atoms with Gasteiger partial charge in [0.1, 0.15) is 6.10 Å². The first-order valence-corrected chi connectivity index (χ1v) is 4.94. The van der Waals surface area contributed by atoms with Crippen molar-refractivity contribution in [2.75, 3.05) is 13.1 Å². The lowest BCUT2D eigenvalue weighted by Gasteiger charge is -2.40. The molecule has 74 valence electrons. The summed E-state index contributed by atoms with van der Waals surface area (Å²) < 4.78 is 5.31. The van der Waals surface area contributed by atoms with Gasteiger partial charge in [0.05, 0.1) is 0 Å². The van der Waals surface area contributed by atoms with Crippen molar-refractivity contribution in [2.45, 2.75) is 31.4 Å². The topological polar surface area (TPSA) is 64.3 Å². The zero-order chi connectivity index (χ0) is 9.26. The second kappa shape index (κ2) is 3.64. The maximum Gasteiger partial charge on any atom is 0.306 e. The molecule has 13 heavy (non-hydrogen) atoms. The SMILES string of the molecule is NCC1CCNC2CCC(=O)OC12. The van der Waals surface area contributed by atoms with Crippen LogP contribution in [0.25, 0.3) is 0 Å². The standard InChI is InChI=1S/C9H16N2O2/c10-5-6-3-4-11-7-1-2-8(12)13-9(6)7/h6-7,9,11H,1-5,10H2. The van der Waals surface area contributed by atoms with Crippen LogP contribution in [0.2, 0.25) is 0 Å². The second-order valence-electron chi connectivity index (χ2n) is 3.84. The summed E-state index contributed by atoms with van der Waals surface area (Å²) in [6.45, 7) is 1.62. The predicted octanol–water partition coefficient (Wildman–Crippen LogP) is -0.371. The molecule has 0 spiro atoms. The van der Waals surface area contributed by atoms with Gasteiger partial charge in [0.2, 0.25) is 0 Å². The third kappa shape index (κ3) is 1.69. The lowest BCUT2D eigenvalue weighted by molar-refractivity contribution is -0.161. The molecule has 2 saturated heterocycles. The summed E-state index contributed by atoms with van der Waals surface area (Å²) in [5, 5.41) is 3.37. The quantitative estimate of drug-likeness (QED) is 0.546. The van der Waals surface area contributed by atoms with E-state index >= 15 is 0 Å². The van der Waals surface area contributed by atoms with E-state index in [1.165, 1.54) is 0 Å². The van der Waals surface area contributed by atoms with Crippen LogP contribution in [-0.2, 0) is 9.53 Å². The van der Waals surface area contributed by atoms with Crippen LogP contribution >= 0.6 is 0 Å². The summed E-state index contributed by atoms with van der Waals surface area (Å²) in [5.41, 5.74) is 5.64. The van der Waals surface area contributed by atoms with E-state index in [1.807, 2.05) is 0 Å². The fourth-order valence-corrected chi connectivity index (χ4v) is 2.24. The number of carbonyl (C=O) groups is 1. The molecule has 2 fully saturated rings. The van der Waals surface area contributed by atoms with Gasteiger partial charge in [-0.1, -0.05) is 0 Å². The van der Waals surface area contributed by atoms with E-state index in [2.05, 4.69) is 5.32 Å². The third-order valence-electron chi connectivity index (χ3n) is 3.01. The largest absolute Gasteiger partial charge is 0.460 e. The molecule has 3 unspecified atom stereocenters. The van der Waals surface area contributed by atoms with Gasteiger partial charge in [-0.15, -0.1) is 0 Å². The number of esters is 1. The number of hydrogen-bond acceptors (Lipinski definition) is 4. The summed E-state index contributed by atoms with van der Waals surface area (Å²) in [4.78, 5) is 11.1. The lowest BCUT2D eigenvalue weighted by atomic mass is 9.85. The summed E-state index contributed by atoms with van der Waals surface area (Å²) in [6, 6.07) is 0.347. The molecule has 2 aliphatic heterocycles. The number of fused-ring (bicyclic) bond motifs is 1. The average molecular weight is 184 g/mol. The molecule has 0 saturated carbocycles. The molecule has 0 aromatic rings. The molecule has 0 amide bonds. The molecular formula is C9H16N2O2. The van der Waals surface area contributed by atoms with E-state index in [9.17, 15) is 4.79 Å². The Labute approximate surface area is 77.8 Å². The second-order valence-corrected chi connectivity index (χ2v) is 3.84. The van der Waals surface area contributed by atoms with Crippen LogP contribution in [0.5, 0.6) is 0 Å². The van der Waals surface area contributed by atoms with Crippen LogP contribution in [0.4, 0.5) is 0 Å². The molecular weight excluding hydrogens is 168 g/mol. The maximum absolute atomic E-state index is 11.1. The van der Waals surface area contributed by atoms with Crippen molar-refractivity contribution in [1.82, 2.24) is 5.32 Å². The van der Waals surface area contributed by atoms with E-state index < -0.39 is 0 Å². The van der Waals surface area contributed by atoms with Crippen molar-refractivity contribution in [3.8, 4) is 0 Å². The minimum atomic E-state index is -0.0663. The van der Waals surface area contributed by atoms with Crippen LogP contribution in [0.1, 0.15) is 19.3 Å². The molecule has 3 N–H and O–H groups in total.